The SMILES string of the molecule is CC1C(=O)CCC1S(=O)c1ccc(Cl)c(Cl)c1. The number of carbonyl (C=O) groups is 1. The third-order valence-corrected chi connectivity index (χ3v) is 5.79. The van der Waals surface area contributed by atoms with Crippen LogP contribution in [0.3, 0.4) is 0 Å². The molecule has 0 aromatic heterocycles. The standard InChI is InChI=1S/C12H12Cl2O2S/c1-7-11(15)4-5-12(7)17(16)8-2-3-9(13)10(14)6-8/h2-3,6-7,12H,4-5H2,1H3. The van der Waals surface area contributed by atoms with Crippen LogP contribution in [0.5, 0.6) is 0 Å². The molecule has 0 spiro atoms. The van der Waals surface area contributed by atoms with Crippen LogP contribution in [0.1, 0.15) is 19.8 Å². The quantitative estimate of drug-likeness (QED) is 0.836. The fraction of sp³-hybridized carbons (Fsp3) is 0.417. The lowest BCUT2D eigenvalue weighted by molar-refractivity contribution is -0.120. The van der Waals surface area contributed by atoms with Gasteiger partial charge in [-0.3, -0.25) is 9.00 Å². The van der Waals surface area contributed by atoms with Gasteiger partial charge in [0.25, 0.3) is 0 Å². The summed E-state index contributed by atoms with van der Waals surface area (Å²) in [5.74, 6) is 0.0636. The van der Waals surface area contributed by atoms with Crippen LogP contribution in [0.4, 0.5) is 0 Å². The van der Waals surface area contributed by atoms with Crippen LogP contribution in [0.2, 0.25) is 10.0 Å². The molecule has 0 bridgehead atoms. The lowest BCUT2D eigenvalue weighted by Crippen LogP contribution is -2.21. The molecule has 1 aliphatic rings. The molecule has 0 N–H and O–H groups in total. The number of ketones is 1. The molecule has 0 saturated heterocycles. The van der Waals surface area contributed by atoms with E-state index in [0.717, 1.165) is 0 Å². The maximum absolute atomic E-state index is 12.3. The summed E-state index contributed by atoms with van der Waals surface area (Å²) >= 11 is 11.7. The van der Waals surface area contributed by atoms with Crippen molar-refractivity contribution in [2.45, 2.75) is 29.9 Å². The van der Waals surface area contributed by atoms with Gasteiger partial charge in [-0.25, -0.2) is 0 Å². The summed E-state index contributed by atoms with van der Waals surface area (Å²) in [5, 5.41) is 0.747. The number of rotatable bonds is 2. The molecule has 0 aliphatic heterocycles. The molecule has 1 aromatic carbocycles. The highest BCUT2D eigenvalue weighted by Gasteiger charge is 2.35. The van der Waals surface area contributed by atoms with Crippen LogP contribution in [-0.2, 0) is 15.6 Å². The molecule has 1 aliphatic carbocycles. The fourth-order valence-corrected chi connectivity index (χ4v) is 4.04. The summed E-state index contributed by atoms with van der Waals surface area (Å²) in [7, 11) is -1.19. The van der Waals surface area contributed by atoms with E-state index in [1.54, 1.807) is 18.2 Å². The summed E-state index contributed by atoms with van der Waals surface area (Å²) in [5.41, 5.74) is 0. The van der Waals surface area contributed by atoms with Crippen molar-refractivity contribution in [2.24, 2.45) is 5.92 Å². The minimum absolute atomic E-state index is 0.0975. The zero-order valence-corrected chi connectivity index (χ0v) is 11.6. The second kappa shape index (κ2) is 5.09. The van der Waals surface area contributed by atoms with Crippen molar-refractivity contribution in [1.29, 1.82) is 0 Å². The average Bonchev–Trinajstić information content (AvgIpc) is 2.63. The van der Waals surface area contributed by atoms with Crippen molar-refractivity contribution in [1.82, 2.24) is 0 Å². The van der Waals surface area contributed by atoms with Crippen molar-refractivity contribution in [3.8, 4) is 0 Å². The molecule has 0 amide bonds. The van der Waals surface area contributed by atoms with Crippen LogP contribution in [0, 0.1) is 5.92 Å². The first kappa shape index (κ1) is 13.1. The zero-order valence-electron chi connectivity index (χ0n) is 9.28. The van der Waals surface area contributed by atoms with Gasteiger partial charge in [-0.2, -0.15) is 0 Å². The van der Waals surface area contributed by atoms with E-state index in [-0.39, 0.29) is 17.0 Å². The second-order valence-electron chi connectivity index (χ2n) is 4.21. The summed E-state index contributed by atoms with van der Waals surface area (Å²) in [6.45, 7) is 1.84. The average molecular weight is 291 g/mol. The van der Waals surface area contributed by atoms with Gasteiger partial charge in [-0.1, -0.05) is 30.1 Å². The summed E-state index contributed by atoms with van der Waals surface area (Å²) < 4.78 is 12.3. The number of hydrogen-bond acceptors (Lipinski definition) is 2. The van der Waals surface area contributed by atoms with Crippen molar-refractivity contribution < 1.29 is 9.00 Å². The van der Waals surface area contributed by atoms with Crippen molar-refractivity contribution in [3.63, 3.8) is 0 Å². The molecule has 1 fully saturated rings. The van der Waals surface area contributed by atoms with Gasteiger partial charge in [-0.05, 0) is 24.6 Å². The van der Waals surface area contributed by atoms with Gasteiger partial charge in [0.05, 0.1) is 20.8 Å². The summed E-state index contributed by atoms with van der Waals surface area (Å²) in [4.78, 5) is 12.1. The van der Waals surface area contributed by atoms with Crippen LogP contribution in [0.25, 0.3) is 0 Å². The Morgan fingerprint density at radius 2 is 2.00 bits per heavy atom. The minimum atomic E-state index is -1.19. The maximum Gasteiger partial charge on any atom is 0.136 e. The van der Waals surface area contributed by atoms with E-state index in [0.29, 0.717) is 27.8 Å². The Hall–Kier alpha value is -0.380. The van der Waals surface area contributed by atoms with Gasteiger partial charge in [-0.15, -0.1) is 0 Å². The number of halogens is 2. The van der Waals surface area contributed by atoms with Crippen LogP contribution in [0.15, 0.2) is 23.1 Å². The highest BCUT2D eigenvalue weighted by molar-refractivity contribution is 7.85. The van der Waals surface area contributed by atoms with E-state index in [9.17, 15) is 9.00 Å². The first-order chi connectivity index (χ1) is 8.00. The van der Waals surface area contributed by atoms with Gasteiger partial charge < -0.3 is 0 Å². The van der Waals surface area contributed by atoms with E-state index >= 15 is 0 Å². The first-order valence-corrected chi connectivity index (χ1v) is 7.36. The smallest absolute Gasteiger partial charge is 0.136 e. The molecule has 2 rings (SSSR count). The monoisotopic (exact) mass is 290 g/mol. The maximum atomic E-state index is 12.3. The summed E-state index contributed by atoms with van der Waals surface area (Å²) in [6, 6.07) is 4.97. The normalized spacial score (nSPS) is 26.2. The number of hydrogen-bond donors (Lipinski definition) is 0. The van der Waals surface area contributed by atoms with E-state index in [2.05, 4.69) is 0 Å². The van der Waals surface area contributed by atoms with Crippen LogP contribution < -0.4 is 0 Å². The molecule has 92 valence electrons. The van der Waals surface area contributed by atoms with Crippen molar-refractivity contribution in [2.75, 3.05) is 0 Å². The number of benzene rings is 1. The first-order valence-electron chi connectivity index (χ1n) is 5.39. The van der Waals surface area contributed by atoms with Gasteiger partial charge in [0.2, 0.25) is 0 Å². The largest absolute Gasteiger partial charge is 0.299 e. The minimum Gasteiger partial charge on any atom is -0.299 e. The number of carbonyl (C=O) groups excluding carboxylic acids is 1. The Labute approximate surface area is 113 Å². The highest BCUT2D eigenvalue weighted by Crippen LogP contribution is 2.31. The predicted octanol–water partition coefficient (Wildman–Crippen LogP) is 3.47. The fourth-order valence-electron chi connectivity index (χ4n) is 2.04. The second-order valence-corrected chi connectivity index (χ2v) is 6.69. The molecule has 5 heteroatoms. The predicted molar refractivity (Wildman–Crippen MR) is 70.1 cm³/mol. The number of Topliss-reactive ketones (excluding diaryl/α,β-unsaturated/α-hetero) is 1. The Bertz CT molecular complexity index is 487. The molecule has 1 aromatic rings. The Morgan fingerprint density at radius 3 is 2.53 bits per heavy atom. The van der Waals surface area contributed by atoms with Crippen molar-refractivity contribution in [3.05, 3.63) is 28.2 Å². The van der Waals surface area contributed by atoms with Gasteiger partial charge in [0, 0.05) is 22.5 Å². The van der Waals surface area contributed by atoms with E-state index in [1.165, 1.54) is 0 Å². The van der Waals surface area contributed by atoms with Gasteiger partial charge >= 0.3 is 0 Å². The van der Waals surface area contributed by atoms with Gasteiger partial charge in [0.1, 0.15) is 5.78 Å². The summed E-state index contributed by atoms with van der Waals surface area (Å²) in [6.07, 6.45) is 1.21. The van der Waals surface area contributed by atoms with Crippen molar-refractivity contribution >= 4 is 39.8 Å². The highest BCUT2D eigenvalue weighted by atomic mass is 35.5. The molecule has 3 unspecified atom stereocenters. The van der Waals surface area contributed by atoms with E-state index in [1.807, 2.05) is 6.92 Å². The molecule has 1 saturated carbocycles. The van der Waals surface area contributed by atoms with Crippen LogP contribution >= 0.6 is 23.2 Å². The molecule has 0 radical (unpaired) electrons. The van der Waals surface area contributed by atoms with Crippen LogP contribution in [-0.4, -0.2) is 15.2 Å². The zero-order chi connectivity index (χ0) is 12.6. The molecule has 0 heterocycles. The Kier molecular flexibility index (Phi) is 3.91. The lowest BCUT2D eigenvalue weighted by atomic mass is 10.1. The van der Waals surface area contributed by atoms with E-state index < -0.39 is 10.8 Å². The third kappa shape index (κ3) is 2.56. The van der Waals surface area contributed by atoms with Gasteiger partial charge in [0.15, 0.2) is 0 Å². The lowest BCUT2D eigenvalue weighted by Gasteiger charge is -2.14. The molecule has 17 heavy (non-hydrogen) atoms. The molecule has 2 nitrogen and oxygen atoms in total. The Balaban J connectivity index is 2.25. The Morgan fingerprint density at radius 1 is 1.29 bits per heavy atom. The topological polar surface area (TPSA) is 34.1 Å². The molecule has 3 atom stereocenters. The van der Waals surface area contributed by atoms with E-state index in [4.69, 9.17) is 23.2 Å². The molecular formula is C12H12Cl2O2S. The third-order valence-electron chi connectivity index (χ3n) is 3.14. The molecular weight excluding hydrogens is 279 g/mol.